The monoisotopic (exact) mass is 802 g/mol. The zero-order valence-corrected chi connectivity index (χ0v) is 35.2. The van der Waals surface area contributed by atoms with Crippen LogP contribution in [-0.2, 0) is 40.1 Å². The van der Waals surface area contributed by atoms with Crippen LogP contribution < -0.4 is 4.68 Å². The zero-order valence-electron chi connectivity index (χ0n) is 29.9. The maximum Gasteiger partial charge on any atom is 0.0267 e. The number of nitrogens with zero attached hydrogens (tertiary/aromatic N) is 6. The summed E-state index contributed by atoms with van der Waals surface area (Å²) in [6, 6.07) is 17.8. The molecule has 0 aliphatic heterocycles. The fourth-order valence-corrected chi connectivity index (χ4v) is 5.68. The molecule has 0 radical (unpaired) electrons. The molecule has 266 valence electrons. The van der Waals surface area contributed by atoms with E-state index in [1.54, 1.807) is 17.1 Å². The molecule has 0 aliphatic rings. The third-order valence-corrected chi connectivity index (χ3v) is 18.6. The summed E-state index contributed by atoms with van der Waals surface area (Å²) in [5.74, 6) is 0. The predicted octanol–water partition coefficient (Wildman–Crippen LogP) is 8.70. The third-order valence-electron chi connectivity index (χ3n) is 8.27. The summed E-state index contributed by atoms with van der Waals surface area (Å²) in [4.78, 5) is 19.1. The van der Waals surface area contributed by atoms with Crippen molar-refractivity contribution >= 4 is 26.6 Å². The summed E-state index contributed by atoms with van der Waals surface area (Å²) in [5.41, 5.74) is -4.66. The second-order valence-corrected chi connectivity index (χ2v) is 26.0. The molecule has 0 amide bonds. The van der Waals surface area contributed by atoms with E-state index in [0.29, 0.717) is 0 Å². The van der Waals surface area contributed by atoms with Gasteiger partial charge in [-0.25, -0.2) is 8.42 Å². The van der Waals surface area contributed by atoms with E-state index < -0.39 is 32.1 Å². The number of halogens is 3. The van der Waals surface area contributed by atoms with Gasteiger partial charge in [-0.05, 0) is 29.7 Å². The normalized spacial score (nSPS) is 12.7. The van der Waals surface area contributed by atoms with Crippen LogP contribution >= 0.6 is 0 Å². The molecule has 0 unspecified atom stereocenters. The molecule has 0 spiro atoms. The first kappa shape index (κ1) is 46.2. The van der Waals surface area contributed by atoms with Crippen molar-refractivity contribution in [1.82, 2.24) is 9.97 Å². The third kappa shape index (κ3) is 17.2. The Hall–Kier alpha value is -1.81. The summed E-state index contributed by atoms with van der Waals surface area (Å²) in [5, 5.41) is 0.517. The van der Waals surface area contributed by atoms with Gasteiger partial charge >= 0.3 is 68.3 Å². The van der Waals surface area contributed by atoms with Crippen LogP contribution in [0.3, 0.4) is 0 Å². The van der Waals surface area contributed by atoms with Gasteiger partial charge < -0.3 is 14.5 Å². The minimum Gasteiger partial charge on any atom is -0.265 e. The van der Waals surface area contributed by atoms with Crippen molar-refractivity contribution < 1.29 is 55.4 Å². The topological polar surface area (TPSA) is 127 Å². The number of hydrogen-bond acceptors (Lipinski definition) is 6. The smallest absolute Gasteiger partial charge is 0.0267 e. The Balaban J connectivity index is 0.000000799. The molecule has 0 saturated heterocycles. The van der Waals surface area contributed by atoms with Gasteiger partial charge in [-0.15, -0.1) is 13.1 Å². The zero-order chi connectivity index (χ0) is 37.5. The molecule has 0 saturated carbocycles. The molecule has 0 fully saturated rings. The van der Waals surface area contributed by atoms with Gasteiger partial charge in [-0.2, -0.15) is 13.2 Å². The molecule has 48 heavy (non-hydrogen) atoms. The van der Waals surface area contributed by atoms with Crippen LogP contribution in [0.5, 0.6) is 0 Å². The molecule has 3 heterocycles. The Kier molecular flexibility index (Phi) is 18.8. The first-order valence-electron chi connectivity index (χ1n) is 15.2. The molecule has 9 nitrogen and oxygen atoms in total. The van der Waals surface area contributed by atoms with Crippen LogP contribution in [0.15, 0.2) is 88.6 Å². The average molecular weight is 804 g/mol. The number of aromatic nitrogens is 3. The first-order valence-corrected chi connectivity index (χ1v) is 23.6. The second kappa shape index (κ2) is 19.5. The Morgan fingerprint density at radius 3 is 1.42 bits per heavy atom. The quantitative estimate of drug-likeness (QED) is 0.0975. The number of alkyl halides is 3. The van der Waals surface area contributed by atoms with Crippen molar-refractivity contribution in [3.05, 3.63) is 101 Å². The van der Waals surface area contributed by atoms with E-state index in [0.717, 1.165) is 18.8 Å². The number of rotatable bonds is 8. The molecule has 16 heteroatoms. The van der Waals surface area contributed by atoms with Crippen LogP contribution in [0, 0.1) is 0 Å². The van der Waals surface area contributed by atoms with Gasteiger partial charge in [0.25, 0.3) is 0 Å². The number of pyridine rings is 3. The number of hydrogen-bond donors (Lipinski definition) is 0. The summed E-state index contributed by atoms with van der Waals surface area (Å²) in [6.45, 7) is 27.3. The molecule has 3 aromatic rings. The Morgan fingerprint density at radius 1 is 0.771 bits per heavy atom. The molecule has 0 atom stereocenters. The molecule has 0 N–H and O–H groups in total. The van der Waals surface area contributed by atoms with Crippen molar-refractivity contribution in [1.29, 1.82) is 0 Å². The minimum atomic E-state index is -6.09. The summed E-state index contributed by atoms with van der Waals surface area (Å²) in [6.07, 6.45) is 9.22. The summed E-state index contributed by atoms with van der Waals surface area (Å²) in [7, 11) is -9.47. The second-order valence-electron chi connectivity index (χ2n) is 14.3. The van der Waals surface area contributed by atoms with Crippen LogP contribution in [0.4, 0.5) is 13.2 Å². The fraction of sp³-hybridized carbons (Fsp3) is 0.531. The van der Waals surface area contributed by atoms with Crippen LogP contribution in [0.2, 0.25) is 36.3 Å². The minimum absolute atomic E-state index is 0.133. The predicted molar refractivity (Wildman–Crippen MR) is 187 cm³/mol. The van der Waals surface area contributed by atoms with Gasteiger partial charge in [0.2, 0.25) is 0 Å². The van der Waals surface area contributed by atoms with E-state index >= 15 is 0 Å². The molecule has 3 rings (SSSR count). The van der Waals surface area contributed by atoms with Crippen LogP contribution in [-0.4, -0.2) is 58.0 Å². The SMILES string of the molecule is CC(C[N-][Si](C)(C)C(C)(C)C)(C[N-][Si](C)(C)C(C)(C)C)c1ccccn1.O=S(=O)([O-])C(F)(F)F.[Zr+2]=[N][n+]1ccccc1.c1ccncc1. The fourth-order valence-electron chi connectivity index (χ4n) is 2.92. The Morgan fingerprint density at radius 2 is 1.17 bits per heavy atom. The van der Waals surface area contributed by atoms with Gasteiger partial charge in [0, 0.05) is 24.3 Å². The van der Waals surface area contributed by atoms with Crippen molar-refractivity contribution in [2.75, 3.05) is 13.1 Å². The van der Waals surface area contributed by atoms with E-state index in [2.05, 4.69) is 99.7 Å². The Labute approximate surface area is 303 Å². The summed E-state index contributed by atoms with van der Waals surface area (Å²) >= 11 is 1.18. The van der Waals surface area contributed by atoms with E-state index in [1.807, 2.05) is 61.1 Å². The molecule has 0 aliphatic carbocycles. The molecule has 3 aromatic heterocycles. The van der Waals surface area contributed by atoms with E-state index in [1.165, 1.54) is 24.6 Å². The molecular formula is C32H51F3N6O3SSi2Zr. The first-order chi connectivity index (χ1) is 21.7. The maximum absolute atomic E-state index is 10.7. The van der Waals surface area contributed by atoms with Gasteiger partial charge in [0.05, 0.1) is 0 Å². The molecule has 0 aromatic carbocycles. The van der Waals surface area contributed by atoms with Crippen molar-refractivity contribution in [3.8, 4) is 0 Å². The van der Waals surface area contributed by atoms with Crippen LogP contribution in [0.1, 0.15) is 54.2 Å². The molecular weight excluding hydrogens is 753 g/mol. The summed E-state index contributed by atoms with van der Waals surface area (Å²) < 4.78 is 64.7. The van der Waals surface area contributed by atoms with E-state index in [9.17, 15) is 13.2 Å². The van der Waals surface area contributed by atoms with Gasteiger partial charge in [-0.3, -0.25) is 9.97 Å². The largest absolute Gasteiger partial charge is 0.265 e. The standard InChI is InChI=1S/C21H41N3Si2.C5H5N2.C5H5N.CHF3O3S.Zr/c1-19(2,3)25(8,9)23-16-21(7,18-14-12-13-15-22-18)17-24-26(10,11)20(4,5)6;6-7-4-2-1-3-5-7;1-2-4-6-5-3-1;2-1(3,4)8(5,6)7;/h12-15H,16-17H2,1-11H3;1-5H;1-5H;(H,5,6,7);/q-2;+1;;;+2/p-1. The average Bonchev–Trinajstić information content (AvgIpc) is 3.00. The van der Waals surface area contributed by atoms with E-state index in [-0.39, 0.29) is 15.5 Å². The van der Waals surface area contributed by atoms with E-state index in [4.69, 9.17) is 22.9 Å². The van der Waals surface area contributed by atoms with Gasteiger partial charge in [0.1, 0.15) is 0 Å². The van der Waals surface area contributed by atoms with Crippen molar-refractivity contribution in [3.63, 3.8) is 0 Å². The maximum atomic E-state index is 10.7. The molecule has 0 bridgehead atoms. The van der Waals surface area contributed by atoms with Crippen LogP contribution in [0.25, 0.3) is 9.96 Å². The van der Waals surface area contributed by atoms with Crippen molar-refractivity contribution in [2.45, 2.75) is 95.7 Å². The van der Waals surface area contributed by atoms with Gasteiger partial charge in [0.15, 0.2) is 10.1 Å². The van der Waals surface area contributed by atoms with Gasteiger partial charge in [-0.1, -0.05) is 113 Å². The van der Waals surface area contributed by atoms with Crippen molar-refractivity contribution in [2.24, 2.45) is 2.98 Å². The Bertz CT molecular complexity index is 1390.